The quantitative estimate of drug-likeness (QED) is 0.685. The summed E-state index contributed by atoms with van der Waals surface area (Å²) in [6.45, 7) is 5.31. The molecule has 0 radical (unpaired) electrons. The van der Waals surface area contributed by atoms with Crippen LogP contribution in [0.1, 0.15) is 25.0 Å². The summed E-state index contributed by atoms with van der Waals surface area (Å²) in [5.74, 6) is 0. The predicted molar refractivity (Wildman–Crippen MR) is 113 cm³/mol. The molecule has 0 amide bonds. The lowest BCUT2D eigenvalue weighted by Crippen LogP contribution is -2.23. The van der Waals surface area contributed by atoms with Crippen LogP contribution in [0.3, 0.4) is 0 Å². The van der Waals surface area contributed by atoms with Crippen LogP contribution in [0, 0.1) is 6.92 Å². The second-order valence-electron chi connectivity index (χ2n) is 6.98. The molecule has 8 heteroatoms. The van der Waals surface area contributed by atoms with E-state index in [1.165, 1.54) is 18.2 Å². The van der Waals surface area contributed by atoms with Gasteiger partial charge in [0.05, 0.1) is 21.2 Å². The van der Waals surface area contributed by atoms with Gasteiger partial charge in [-0.15, -0.1) is 0 Å². The molecule has 0 aromatic heterocycles. The fourth-order valence-corrected chi connectivity index (χ4v) is 5.59. The van der Waals surface area contributed by atoms with Crippen molar-refractivity contribution in [2.24, 2.45) is 8.80 Å². The average molecular weight is 427 g/mol. The summed E-state index contributed by atoms with van der Waals surface area (Å²) in [4.78, 5) is 0.202. The van der Waals surface area contributed by atoms with Gasteiger partial charge >= 0.3 is 0 Å². The zero-order valence-electron chi connectivity index (χ0n) is 16.0. The molecule has 0 fully saturated rings. The van der Waals surface area contributed by atoms with E-state index in [2.05, 4.69) is 8.80 Å². The van der Waals surface area contributed by atoms with Crippen molar-refractivity contribution >= 4 is 37.0 Å². The van der Waals surface area contributed by atoms with Gasteiger partial charge in [-0.05, 0) is 56.2 Å². The maximum atomic E-state index is 12.8. The maximum absolute atomic E-state index is 12.8. The van der Waals surface area contributed by atoms with Crippen LogP contribution >= 0.6 is 0 Å². The van der Waals surface area contributed by atoms with E-state index in [1.54, 1.807) is 50.3 Å². The number of rotatable bonds is 2. The van der Waals surface area contributed by atoms with Crippen LogP contribution in [0.15, 0.2) is 84.3 Å². The Labute approximate surface area is 170 Å². The van der Waals surface area contributed by atoms with Crippen molar-refractivity contribution in [1.29, 1.82) is 0 Å². The van der Waals surface area contributed by atoms with Gasteiger partial charge in [0.1, 0.15) is 0 Å². The SMILES string of the molecule is CC1=C(C)/C(=N\S(=O)(=O)c2ccc(C)cc2)C=C2C1=NS(=O)(=O)c1ccccc12. The van der Waals surface area contributed by atoms with Crippen LogP contribution in [0.25, 0.3) is 5.57 Å². The van der Waals surface area contributed by atoms with E-state index in [0.29, 0.717) is 28.0 Å². The van der Waals surface area contributed by atoms with Crippen molar-refractivity contribution in [3.05, 3.63) is 76.9 Å². The number of allylic oxidation sites excluding steroid dienone is 4. The van der Waals surface area contributed by atoms with Crippen molar-refractivity contribution < 1.29 is 16.8 Å². The Morgan fingerprint density at radius 2 is 1.55 bits per heavy atom. The second kappa shape index (κ2) is 6.60. The fraction of sp³-hybridized carbons (Fsp3) is 0.143. The minimum absolute atomic E-state index is 0.100. The first-order valence-electron chi connectivity index (χ1n) is 8.86. The van der Waals surface area contributed by atoms with Gasteiger partial charge in [-0.2, -0.15) is 25.6 Å². The van der Waals surface area contributed by atoms with E-state index in [9.17, 15) is 16.8 Å². The summed E-state index contributed by atoms with van der Waals surface area (Å²) in [5.41, 5.74) is 3.74. The zero-order valence-corrected chi connectivity index (χ0v) is 17.7. The van der Waals surface area contributed by atoms with Crippen LogP contribution in [-0.2, 0) is 20.0 Å². The van der Waals surface area contributed by atoms with Gasteiger partial charge in [-0.3, -0.25) is 0 Å². The van der Waals surface area contributed by atoms with E-state index in [0.717, 1.165) is 5.56 Å². The van der Waals surface area contributed by atoms with Crippen molar-refractivity contribution in [1.82, 2.24) is 0 Å². The third-order valence-corrected chi connectivity index (χ3v) is 7.68. The fourth-order valence-electron chi connectivity index (χ4n) is 3.28. The predicted octanol–water partition coefficient (Wildman–Crippen LogP) is 3.70. The lowest BCUT2D eigenvalue weighted by atomic mass is 9.86. The number of hydrogen-bond acceptors (Lipinski definition) is 4. The minimum atomic E-state index is -3.92. The van der Waals surface area contributed by atoms with Crippen LogP contribution < -0.4 is 0 Å². The Balaban J connectivity index is 1.92. The zero-order chi connectivity index (χ0) is 21.0. The Morgan fingerprint density at radius 3 is 2.24 bits per heavy atom. The second-order valence-corrected chi connectivity index (χ2v) is 10.2. The molecule has 4 rings (SSSR count). The van der Waals surface area contributed by atoms with Crippen molar-refractivity contribution in [3.63, 3.8) is 0 Å². The Bertz CT molecular complexity index is 1380. The van der Waals surface area contributed by atoms with Gasteiger partial charge in [0, 0.05) is 11.1 Å². The molecule has 6 nitrogen and oxygen atoms in total. The molecule has 1 aliphatic carbocycles. The van der Waals surface area contributed by atoms with Gasteiger partial charge in [0.2, 0.25) is 0 Å². The molecule has 1 heterocycles. The summed E-state index contributed by atoms with van der Waals surface area (Å²) in [6.07, 6.45) is 1.60. The van der Waals surface area contributed by atoms with Gasteiger partial charge < -0.3 is 0 Å². The molecule has 29 heavy (non-hydrogen) atoms. The van der Waals surface area contributed by atoms with Gasteiger partial charge in [0.25, 0.3) is 20.0 Å². The van der Waals surface area contributed by atoms with E-state index in [-0.39, 0.29) is 15.5 Å². The van der Waals surface area contributed by atoms with Crippen molar-refractivity contribution in [2.45, 2.75) is 30.6 Å². The Morgan fingerprint density at radius 1 is 0.897 bits per heavy atom. The average Bonchev–Trinajstić information content (AvgIpc) is 2.67. The van der Waals surface area contributed by atoms with E-state index < -0.39 is 20.0 Å². The number of nitrogens with zero attached hydrogens (tertiary/aromatic N) is 2. The lowest BCUT2D eigenvalue weighted by molar-refractivity contribution is 0.595. The number of aryl methyl sites for hydroxylation is 1. The summed E-state index contributed by atoms with van der Waals surface area (Å²) in [7, 11) is -7.73. The molecule has 0 spiro atoms. The molecular weight excluding hydrogens is 408 g/mol. The van der Waals surface area contributed by atoms with E-state index in [1.807, 2.05) is 6.92 Å². The Hall–Kier alpha value is -2.84. The number of sulfonamides is 2. The summed E-state index contributed by atoms with van der Waals surface area (Å²) in [5, 5.41) is 0. The number of fused-ring (bicyclic) bond motifs is 3. The largest absolute Gasteiger partial charge is 0.283 e. The van der Waals surface area contributed by atoms with Crippen molar-refractivity contribution in [2.75, 3.05) is 0 Å². The highest BCUT2D eigenvalue weighted by molar-refractivity contribution is 7.90. The number of hydrogen-bond donors (Lipinski definition) is 0. The van der Waals surface area contributed by atoms with Gasteiger partial charge in [0.15, 0.2) is 0 Å². The standard InChI is InChI=1S/C21H18N2O4S2/c1-13-8-10-16(11-9-13)28(24,25)22-19-12-18-17-6-4-5-7-20(17)29(26,27)23-21(18)15(3)14(19)2/h4-12H,1-3H3/b22-19-. The highest BCUT2D eigenvalue weighted by atomic mass is 32.2. The normalized spacial score (nSPS) is 19.3. The molecule has 148 valence electrons. The molecule has 0 bridgehead atoms. The summed E-state index contributed by atoms with van der Waals surface area (Å²) in [6, 6.07) is 13.0. The molecule has 0 atom stereocenters. The van der Waals surface area contributed by atoms with E-state index >= 15 is 0 Å². The molecule has 0 saturated carbocycles. The molecular formula is C21H18N2O4S2. The van der Waals surface area contributed by atoms with Gasteiger partial charge in [-0.1, -0.05) is 35.9 Å². The monoisotopic (exact) mass is 426 g/mol. The van der Waals surface area contributed by atoms with Crippen LogP contribution in [0.2, 0.25) is 0 Å². The highest BCUT2D eigenvalue weighted by Crippen LogP contribution is 2.37. The molecule has 0 unspecified atom stereocenters. The minimum Gasteiger partial charge on any atom is -0.199 e. The van der Waals surface area contributed by atoms with Crippen LogP contribution in [0.5, 0.6) is 0 Å². The lowest BCUT2D eigenvalue weighted by Gasteiger charge is -2.25. The Kier molecular flexibility index (Phi) is 4.43. The molecule has 0 N–H and O–H groups in total. The highest BCUT2D eigenvalue weighted by Gasteiger charge is 2.33. The van der Waals surface area contributed by atoms with Crippen LogP contribution in [-0.4, -0.2) is 28.3 Å². The van der Waals surface area contributed by atoms with Crippen LogP contribution in [0.4, 0.5) is 0 Å². The molecule has 2 aromatic carbocycles. The maximum Gasteiger partial charge on any atom is 0.283 e. The molecule has 2 aromatic rings. The summed E-state index contributed by atoms with van der Waals surface area (Å²) < 4.78 is 58.7. The smallest absolute Gasteiger partial charge is 0.199 e. The van der Waals surface area contributed by atoms with Gasteiger partial charge in [-0.25, -0.2) is 0 Å². The van der Waals surface area contributed by atoms with Crippen molar-refractivity contribution in [3.8, 4) is 0 Å². The summed E-state index contributed by atoms with van der Waals surface area (Å²) >= 11 is 0. The first-order chi connectivity index (χ1) is 13.6. The molecule has 1 aliphatic heterocycles. The molecule has 0 saturated heterocycles. The molecule has 2 aliphatic rings. The first-order valence-corrected chi connectivity index (χ1v) is 11.7. The third kappa shape index (κ3) is 3.28. The topological polar surface area (TPSA) is 93.0 Å². The van der Waals surface area contributed by atoms with E-state index in [4.69, 9.17) is 0 Å². The first kappa shape index (κ1) is 19.5. The number of benzene rings is 2. The third-order valence-electron chi connectivity index (χ3n) is 5.04.